The highest BCUT2D eigenvalue weighted by atomic mass is 32.1. The van der Waals surface area contributed by atoms with Crippen LogP contribution in [0.4, 0.5) is 10.7 Å². The Balaban J connectivity index is 1.61. The van der Waals surface area contributed by atoms with Crippen LogP contribution in [-0.2, 0) is 4.79 Å². The Labute approximate surface area is 210 Å². The van der Waals surface area contributed by atoms with Crippen molar-refractivity contribution >= 4 is 62.5 Å². The molecular formula is C24H27N3O4S3. The van der Waals surface area contributed by atoms with Gasteiger partial charge in [-0.2, -0.15) is 0 Å². The van der Waals surface area contributed by atoms with Crippen molar-refractivity contribution in [3.63, 3.8) is 0 Å². The third-order valence-corrected chi connectivity index (χ3v) is 8.93. The Bertz CT molecular complexity index is 1170. The van der Waals surface area contributed by atoms with E-state index in [4.69, 9.17) is 0 Å². The molecule has 1 aliphatic carbocycles. The van der Waals surface area contributed by atoms with Crippen molar-refractivity contribution < 1.29 is 19.5 Å². The lowest BCUT2D eigenvalue weighted by Crippen LogP contribution is -2.42. The number of amides is 2. The molecule has 0 atom stereocenters. The molecule has 10 heteroatoms. The van der Waals surface area contributed by atoms with E-state index >= 15 is 0 Å². The predicted molar refractivity (Wildman–Crippen MR) is 138 cm³/mol. The summed E-state index contributed by atoms with van der Waals surface area (Å²) in [6.45, 7) is 6.05. The summed E-state index contributed by atoms with van der Waals surface area (Å²) >= 11 is 3.86. The molecule has 0 spiro atoms. The van der Waals surface area contributed by atoms with Crippen LogP contribution in [0.15, 0.2) is 29.1 Å². The maximum atomic E-state index is 13.5. The Hall–Kier alpha value is -2.56. The first-order chi connectivity index (χ1) is 16.2. The number of hydrogen-bond acceptors (Lipinski definition) is 7. The van der Waals surface area contributed by atoms with E-state index in [0.717, 1.165) is 46.8 Å². The van der Waals surface area contributed by atoms with Gasteiger partial charge >= 0.3 is 5.97 Å². The maximum absolute atomic E-state index is 13.5. The smallest absolute Gasteiger partial charge is 0.348 e. The summed E-state index contributed by atoms with van der Waals surface area (Å²) in [7, 11) is 0. The molecule has 7 nitrogen and oxygen atoms in total. The van der Waals surface area contributed by atoms with Gasteiger partial charge in [0.2, 0.25) is 5.91 Å². The van der Waals surface area contributed by atoms with Gasteiger partial charge in [0.15, 0.2) is 0 Å². The molecule has 34 heavy (non-hydrogen) atoms. The molecule has 3 aromatic rings. The number of carboxylic acids is 1. The summed E-state index contributed by atoms with van der Waals surface area (Å²) in [5.74, 6) is -0.765. The summed E-state index contributed by atoms with van der Waals surface area (Å²) in [6, 6.07) is 5.28. The first kappa shape index (κ1) is 24.6. The summed E-state index contributed by atoms with van der Waals surface area (Å²) in [5.41, 5.74) is 2.41. The number of carboxylic acid groups (broad SMARTS) is 1. The van der Waals surface area contributed by atoms with E-state index in [0.29, 0.717) is 22.3 Å². The van der Waals surface area contributed by atoms with Crippen molar-refractivity contribution in [1.82, 2.24) is 4.98 Å². The standard InChI is InChI=1S/C24H27N3O4S3/c1-13(2)27(23(29)15-6-4-14(3)5-7-15)17-10-19(34-21(17)24(30)31)18-8-9-20(33-18)26-22(28)16-11-32-12-25-16/h8-15H,4-7H2,1-3H3,(H,26,28)(H,30,31). The topological polar surface area (TPSA) is 99.6 Å². The van der Waals surface area contributed by atoms with E-state index in [1.54, 1.807) is 27.9 Å². The minimum Gasteiger partial charge on any atom is -0.477 e. The van der Waals surface area contributed by atoms with Crippen molar-refractivity contribution in [3.8, 4) is 9.75 Å². The number of anilines is 2. The van der Waals surface area contributed by atoms with Gasteiger partial charge in [0, 0.05) is 27.1 Å². The molecule has 3 heterocycles. The summed E-state index contributed by atoms with van der Waals surface area (Å²) < 4.78 is 0. The monoisotopic (exact) mass is 517 g/mol. The van der Waals surface area contributed by atoms with Gasteiger partial charge in [-0.3, -0.25) is 9.59 Å². The Morgan fingerprint density at radius 2 is 1.85 bits per heavy atom. The van der Waals surface area contributed by atoms with Crippen molar-refractivity contribution in [2.75, 3.05) is 10.2 Å². The normalized spacial score (nSPS) is 18.1. The van der Waals surface area contributed by atoms with Gasteiger partial charge in [0.25, 0.3) is 5.91 Å². The summed E-state index contributed by atoms with van der Waals surface area (Å²) in [6.07, 6.45) is 3.73. The number of carbonyl (C=O) groups excluding carboxylic acids is 2. The summed E-state index contributed by atoms with van der Waals surface area (Å²) in [4.78, 5) is 45.3. The molecule has 2 amide bonds. The number of nitrogens with zero attached hydrogens (tertiary/aromatic N) is 2. The number of aromatic carboxylic acids is 1. The van der Waals surface area contributed by atoms with Gasteiger partial charge < -0.3 is 15.3 Å². The quantitative estimate of drug-likeness (QED) is 0.375. The highest BCUT2D eigenvalue weighted by Crippen LogP contribution is 2.42. The molecule has 2 N–H and O–H groups in total. The lowest BCUT2D eigenvalue weighted by Gasteiger charge is -2.33. The molecule has 0 radical (unpaired) electrons. The zero-order valence-electron chi connectivity index (χ0n) is 19.2. The van der Waals surface area contributed by atoms with Crippen LogP contribution < -0.4 is 10.2 Å². The van der Waals surface area contributed by atoms with Gasteiger partial charge in [-0.05, 0) is 63.6 Å². The van der Waals surface area contributed by atoms with Crippen molar-refractivity contribution in [3.05, 3.63) is 39.7 Å². The number of nitrogens with one attached hydrogen (secondary N) is 1. The molecule has 0 saturated heterocycles. The van der Waals surface area contributed by atoms with Crippen molar-refractivity contribution in [2.45, 2.75) is 52.5 Å². The number of rotatable bonds is 7. The van der Waals surface area contributed by atoms with Gasteiger partial charge in [-0.25, -0.2) is 9.78 Å². The SMILES string of the molecule is CC1CCC(C(=O)N(c2cc(-c3ccc(NC(=O)c4cscn4)s3)sc2C(=O)O)C(C)C)CC1. The van der Waals surface area contributed by atoms with E-state index in [2.05, 4.69) is 17.2 Å². The van der Waals surface area contributed by atoms with E-state index < -0.39 is 5.97 Å². The number of carbonyl (C=O) groups is 3. The predicted octanol–water partition coefficient (Wildman–Crippen LogP) is 6.45. The van der Waals surface area contributed by atoms with Crippen LogP contribution in [0.5, 0.6) is 0 Å². The Morgan fingerprint density at radius 3 is 2.47 bits per heavy atom. The molecule has 1 aliphatic rings. The molecule has 0 bridgehead atoms. The van der Waals surface area contributed by atoms with Crippen LogP contribution in [-0.4, -0.2) is 33.9 Å². The molecule has 1 saturated carbocycles. The fourth-order valence-electron chi connectivity index (χ4n) is 4.23. The zero-order chi connectivity index (χ0) is 24.4. The molecule has 3 aromatic heterocycles. The minimum atomic E-state index is -1.05. The lowest BCUT2D eigenvalue weighted by atomic mass is 9.82. The van der Waals surface area contributed by atoms with Gasteiger partial charge in [-0.1, -0.05) is 6.92 Å². The molecule has 4 rings (SSSR count). The molecule has 180 valence electrons. The van der Waals surface area contributed by atoms with Crippen LogP contribution >= 0.6 is 34.0 Å². The van der Waals surface area contributed by atoms with Gasteiger partial charge in [0.1, 0.15) is 10.6 Å². The molecule has 1 fully saturated rings. The molecule has 0 unspecified atom stereocenters. The van der Waals surface area contributed by atoms with E-state index in [1.165, 1.54) is 22.7 Å². The van der Waals surface area contributed by atoms with Gasteiger partial charge in [0.05, 0.1) is 16.2 Å². The summed E-state index contributed by atoms with van der Waals surface area (Å²) in [5, 5.41) is 15.1. The van der Waals surface area contributed by atoms with Crippen LogP contribution in [0.3, 0.4) is 0 Å². The third kappa shape index (κ3) is 5.24. The fraction of sp³-hybridized carbons (Fsp3) is 0.417. The molecular weight excluding hydrogens is 490 g/mol. The zero-order valence-corrected chi connectivity index (χ0v) is 21.7. The minimum absolute atomic E-state index is 0.0103. The van der Waals surface area contributed by atoms with Crippen molar-refractivity contribution in [1.29, 1.82) is 0 Å². The Morgan fingerprint density at radius 1 is 1.12 bits per heavy atom. The second-order valence-electron chi connectivity index (χ2n) is 8.88. The van der Waals surface area contributed by atoms with E-state index in [-0.39, 0.29) is 28.7 Å². The second-order valence-corrected chi connectivity index (χ2v) is 11.7. The van der Waals surface area contributed by atoms with E-state index in [9.17, 15) is 19.5 Å². The number of thiazole rings is 1. The van der Waals surface area contributed by atoms with Crippen LogP contribution in [0.1, 0.15) is 66.6 Å². The van der Waals surface area contributed by atoms with Gasteiger partial charge in [-0.15, -0.1) is 34.0 Å². The molecule has 0 aliphatic heterocycles. The van der Waals surface area contributed by atoms with E-state index in [1.807, 2.05) is 19.9 Å². The highest BCUT2D eigenvalue weighted by Gasteiger charge is 2.33. The lowest BCUT2D eigenvalue weighted by molar-refractivity contribution is -0.123. The van der Waals surface area contributed by atoms with Crippen LogP contribution in [0.25, 0.3) is 9.75 Å². The Kier molecular flexibility index (Phi) is 7.49. The first-order valence-electron chi connectivity index (χ1n) is 11.2. The fourth-order valence-corrected chi connectivity index (χ4v) is 6.73. The molecule has 0 aromatic carbocycles. The third-order valence-electron chi connectivity index (χ3n) is 6.04. The van der Waals surface area contributed by atoms with Crippen LogP contribution in [0.2, 0.25) is 0 Å². The average Bonchev–Trinajstić information content (AvgIpc) is 3.55. The number of hydrogen-bond donors (Lipinski definition) is 2. The number of aromatic nitrogens is 1. The maximum Gasteiger partial charge on any atom is 0.348 e. The number of thiophene rings is 2. The average molecular weight is 518 g/mol. The van der Waals surface area contributed by atoms with Crippen LogP contribution in [0, 0.1) is 11.8 Å². The van der Waals surface area contributed by atoms with Crippen molar-refractivity contribution in [2.24, 2.45) is 11.8 Å². The largest absolute Gasteiger partial charge is 0.477 e. The highest BCUT2D eigenvalue weighted by molar-refractivity contribution is 7.25. The second kappa shape index (κ2) is 10.4. The first-order valence-corrected chi connectivity index (χ1v) is 13.8.